The van der Waals surface area contributed by atoms with Gasteiger partial charge in [0, 0.05) is 5.75 Å². The number of carbonyl (C=O) groups is 1. The van der Waals surface area contributed by atoms with Crippen molar-refractivity contribution in [2.45, 2.75) is 18.1 Å². The lowest BCUT2D eigenvalue weighted by molar-refractivity contribution is -0.138. The van der Waals surface area contributed by atoms with Crippen LogP contribution in [0, 0.1) is 6.92 Å². The largest absolute Gasteiger partial charge is 0.480 e. The highest BCUT2D eigenvalue weighted by atomic mass is 32.2. The Hall–Kier alpha value is -1.53. The van der Waals surface area contributed by atoms with Crippen molar-refractivity contribution in [3.05, 3.63) is 23.8 Å². The fraction of sp³-hybridized carbons (Fsp3) is 0.333. The molecule has 0 saturated heterocycles. The summed E-state index contributed by atoms with van der Waals surface area (Å²) >= 11 is 1.40. The number of H-pyrrole nitrogens is 1. The third kappa shape index (κ3) is 2.83. The van der Waals surface area contributed by atoms with Gasteiger partial charge in [-0.1, -0.05) is 17.8 Å². The lowest BCUT2D eigenvalue weighted by atomic mass is 10.2. The van der Waals surface area contributed by atoms with E-state index >= 15 is 0 Å². The summed E-state index contributed by atoms with van der Waals surface area (Å²) in [6.07, 6.45) is 0. The van der Waals surface area contributed by atoms with Crippen LogP contribution >= 0.6 is 11.8 Å². The zero-order valence-corrected chi connectivity index (χ0v) is 11.0. The monoisotopic (exact) mass is 265 g/mol. The summed E-state index contributed by atoms with van der Waals surface area (Å²) in [7, 11) is 1.64. The van der Waals surface area contributed by atoms with E-state index in [-0.39, 0.29) is 0 Å². The molecule has 1 unspecified atom stereocenters. The van der Waals surface area contributed by atoms with Crippen LogP contribution in [0.25, 0.3) is 11.0 Å². The first kappa shape index (κ1) is 12.9. The van der Waals surface area contributed by atoms with Crippen LogP contribution in [0.3, 0.4) is 0 Å². The Morgan fingerprint density at radius 1 is 1.61 bits per heavy atom. The van der Waals surface area contributed by atoms with Crippen molar-refractivity contribution >= 4 is 28.8 Å². The molecule has 1 atom stereocenters. The second-order valence-corrected chi connectivity index (χ2v) is 5.06. The molecular weight excluding hydrogens is 250 g/mol. The van der Waals surface area contributed by atoms with E-state index in [0.717, 1.165) is 16.2 Å². The highest BCUT2D eigenvalue weighted by Gasteiger charge is 2.15. The summed E-state index contributed by atoms with van der Waals surface area (Å²) in [6, 6.07) is 5.42. The fourth-order valence-corrected chi connectivity index (χ4v) is 2.59. The standard InChI is InChI=1S/C12H15N3O2S/c1-7-3-4-8-9(5-7)15-12(14-8)18-6-10(13-2)11(16)17/h3-5,10,13H,6H2,1-2H3,(H,14,15)(H,16,17). The van der Waals surface area contributed by atoms with Crippen LogP contribution in [-0.2, 0) is 4.79 Å². The number of carboxylic acid groups (broad SMARTS) is 1. The Morgan fingerprint density at radius 2 is 2.39 bits per heavy atom. The van der Waals surface area contributed by atoms with Crippen molar-refractivity contribution in [2.24, 2.45) is 0 Å². The Morgan fingerprint density at radius 3 is 3.06 bits per heavy atom. The molecule has 0 spiro atoms. The minimum Gasteiger partial charge on any atom is -0.480 e. The molecule has 0 aliphatic heterocycles. The topological polar surface area (TPSA) is 78.0 Å². The number of aliphatic carboxylic acids is 1. The average molecular weight is 265 g/mol. The molecule has 1 aromatic carbocycles. The minimum atomic E-state index is -0.850. The number of nitrogens with one attached hydrogen (secondary N) is 2. The third-order valence-electron chi connectivity index (χ3n) is 2.65. The van der Waals surface area contributed by atoms with Crippen molar-refractivity contribution in [3.63, 3.8) is 0 Å². The predicted molar refractivity (Wildman–Crippen MR) is 72.0 cm³/mol. The van der Waals surface area contributed by atoms with Crippen molar-refractivity contribution < 1.29 is 9.90 Å². The number of nitrogens with zero attached hydrogens (tertiary/aromatic N) is 1. The summed E-state index contributed by atoms with van der Waals surface area (Å²) < 4.78 is 0. The molecule has 0 fully saturated rings. The van der Waals surface area contributed by atoms with Gasteiger partial charge in [0.25, 0.3) is 0 Å². The van der Waals surface area contributed by atoms with Crippen LogP contribution < -0.4 is 5.32 Å². The maximum absolute atomic E-state index is 10.9. The van der Waals surface area contributed by atoms with Crippen LogP contribution in [0.2, 0.25) is 0 Å². The number of carboxylic acids is 1. The minimum absolute atomic E-state index is 0.435. The first-order chi connectivity index (χ1) is 8.60. The van der Waals surface area contributed by atoms with E-state index in [0.29, 0.717) is 5.75 Å². The van der Waals surface area contributed by atoms with Crippen molar-refractivity contribution in [2.75, 3.05) is 12.8 Å². The molecule has 1 heterocycles. The second-order valence-electron chi connectivity index (χ2n) is 4.05. The van der Waals surface area contributed by atoms with Crippen LogP contribution in [0.5, 0.6) is 0 Å². The number of fused-ring (bicyclic) bond motifs is 1. The first-order valence-electron chi connectivity index (χ1n) is 5.59. The Bertz CT molecular complexity index is 567. The molecule has 0 bridgehead atoms. The van der Waals surface area contributed by atoms with E-state index < -0.39 is 12.0 Å². The molecule has 0 amide bonds. The molecule has 0 saturated carbocycles. The van der Waals surface area contributed by atoms with Crippen LogP contribution in [-0.4, -0.2) is 39.9 Å². The quantitative estimate of drug-likeness (QED) is 0.716. The molecule has 0 radical (unpaired) electrons. The van der Waals surface area contributed by atoms with Gasteiger partial charge in [-0.2, -0.15) is 0 Å². The van der Waals surface area contributed by atoms with E-state index in [1.807, 2.05) is 25.1 Å². The number of aryl methyl sites for hydroxylation is 1. The highest BCUT2D eigenvalue weighted by molar-refractivity contribution is 7.99. The van der Waals surface area contributed by atoms with Gasteiger partial charge in [-0.15, -0.1) is 0 Å². The summed E-state index contributed by atoms with van der Waals surface area (Å²) in [4.78, 5) is 18.5. The molecular formula is C12H15N3O2S. The van der Waals surface area contributed by atoms with Gasteiger partial charge in [-0.25, -0.2) is 4.98 Å². The van der Waals surface area contributed by atoms with Gasteiger partial charge in [0.2, 0.25) is 0 Å². The number of aromatic nitrogens is 2. The molecule has 3 N–H and O–H groups in total. The van der Waals surface area contributed by atoms with Gasteiger partial charge in [-0.05, 0) is 31.7 Å². The van der Waals surface area contributed by atoms with Gasteiger partial charge in [0.15, 0.2) is 5.16 Å². The molecule has 5 nitrogen and oxygen atoms in total. The third-order valence-corrected chi connectivity index (χ3v) is 3.62. The van der Waals surface area contributed by atoms with Gasteiger partial charge in [0.1, 0.15) is 6.04 Å². The zero-order chi connectivity index (χ0) is 13.1. The second kappa shape index (κ2) is 5.41. The number of hydrogen-bond donors (Lipinski definition) is 3. The maximum atomic E-state index is 10.9. The molecule has 0 aliphatic rings. The molecule has 6 heteroatoms. The number of imidazole rings is 1. The maximum Gasteiger partial charge on any atom is 0.321 e. The van der Waals surface area contributed by atoms with Crippen LogP contribution in [0.1, 0.15) is 5.56 Å². The molecule has 2 rings (SSSR count). The van der Waals surface area contributed by atoms with E-state index in [9.17, 15) is 4.79 Å². The number of aromatic amines is 1. The van der Waals surface area contributed by atoms with Gasteiger partial charge in [-0.3, -0.25) is 4.79 Å². The van der Waals surface area contributed by atoms with Gasteiger partial charge < -0.3 is 15.4 Å². The molecule has 1 aromatic heterocycles. The number of likely N-dealkylation sites (N-methyl/N-ethyl adjacent to an activating group) is 1. The van der Waals surface area contributed by atoms with Gasteiger partial charge in [0.05, 0.1) is 11.0 Å². The summed E-state index contributed by atoms with van der Waals surface area (Å²) in [6.45, 7) is 2.02. The summed E-state index contributed by atoms with van der Waals surface area (Å²) in [5.74, 6) is -0.415. The van der Waals surface area contributed by atoms with E-state index in [4.69, 9.17) is 5.11 Å². The van der Waals surface area contributed by atoms with Crippen molar-refractivity contribution in [1.29, 1.82) is 0 Å². The highest BCUT2D eigenvalue weighted by Crippen LogP contribution is 2.20. The number of thioether (sulfide) groups is 1. The van der Waals surface area contributed by atoms with Crippen molar-refractivity contribution in [3.8, 4) is 0 Å². The van der Waals surface area contributed by atoms with E-state index in [1.165, 1.54) is 17.3 Å². The lowest BCUT2D eigenvalue weighted by Crippen LogP contribution is -2.35. The normalized spacial score (nSPS) is 12.8. The Balaban J connectivity index is 2.10. The molecule has 96 valence electrons. The number of benzene rings is 1. The smallest absolute Gasteiger partial charge is 0.321 e. The number of rotatable bonds is 5. The van der Waals surface area contributed by atoms with E-state index in [2.05, 4.69) is 15.3 Å². The van der Waals surface area contributed by atoms with Crippen LogP contribution in [0.4, 0.5) is 0 Å². The van der Waals surface area contributed by atoms with Crippen LogP contribution in [0.15, 0.2) is 23.4 Å². The Kier molecular flexibility index (Phi) is 3.88. The first-order valence-corrected chi connectivity index (χ1v) is 6.58. The fourth-order valence-electron chi connectivity index (χ4n) is 1.61. The van der Waals surface area contributed by atoms with E-state index in [1.54, 1.807) is 7.05 Å². The zero-order valence-electron chi connectivity index (χ0n) is 10.2. The van der Waals surface area contributed by atoms with Gasteiger partial charge >= 0.3 is 5.97 Å². The number of hydrogen-bond acceptors (Lipinski definition) is 4. The predicted octanol–water partition coefficient (Wildman–Crippen LogP) is 1.64. The molecule has 2 aromatic rings. The summed E-state index contributed by atoms with van der Waals surface area (Å²) in [5, 5.41) is 12.4. The lowest BCUT2D eigenvalue weighted by Gasteiger charge is -2.08. The molecule has 18 heavy (non-hydrogen) atoms. The van der Waals surface area contributed by atoms with Crippen molar-refractivity contribution in [1.82, 2.24) is 15.3 Å². The Labute approximate surface area is 109 Å². The average Bonchev–Trinajstić information content (AvgIpc) is 2.71. The summed E-state index contributed by atoms with van der Waals surface area (Å²) in [5.41, 5.74) is 3.05. The SMILES string of the molecule is CNC(CSc1nc2ccc(C)cc2[nH]1)C(=O)O. The molecule has 0 aliphatic carbocycles.